The number of ether oxygens (including phenoxy) is 4. The molecule has 6 N–H and O–H groups in total. The number of carbonyl (C=O) groups excluding carboxylic acids is 3. The average molecular weight is 538 g/mol. The van der Waals surface area contributed by atoms with E-state index in [2.05, 4.69) is 21.3 Å². The lowest BCUT2D eigenvalue weighted by molar-refractivity contribution is -0.130. The number of rotatable bonds is 25. The highest BCUT2D eigenvalue weighted by Crippen LogP contribution is 2.04. The first-order valence-electron chi connectivity index (χ1n) is 12.5. The third-order valence-corrected chi connectivity index (χ3v) is 5.49. The van der Waals surface area contributed by atoms with Crippen molar-refractivity contribution in [1.82, 2.24) is 21.3 Å². The monoisotopic (exact) mass is 537 g/mol. The number of urea groups is 1. The molecule has 0 heterocycles. The SMILES string of the molecule is CNCCOCCOCCOCCOCCC(=O)NC(CCSC)C(=O)NC(C)CCCNC(N)=O. The highest BCUT2D eigenvalue weighted by Gasteiger charge is 2.21. The molecule has 12 nitrogen and oxygen atoms in total. The highest BCUT2D eigenvalue weighted by molar-refractivity contribution is 7.98. The number of carbonyl (C=O) groups is 3. The van der Waals surface area contributed by atoms with Crippen molar-refractivity contribution in [2.75, 3.05) is 85.0 Å². The van der Waals surface area contributed by atoms with Crippen molar-refractivity contribution in [2.24, 2.45) is 5.73 Å². The molecule has 0 aliphatic rings. The molecule has 0 aliphatic heterocycles. The Bertz CT molecular complexity index is 575. The summed E-state index contributed by atoms with van der Waals surface area (Å²) in [6.07, 6.45) is 4.02. The van der Waals surface area contributed by atoms with E-state index in [4.69, 9.17) is 24.7 Å². The van der Waals surface area contributed by atoms with Crippen molar-refractivity contribution in [3.8, 4) is 0 Å². The Kier molecular flexibility index (Phi) is 23.9. The molecule has 0 spiro atoms. The summed E-state index contributed by atoms with van der Waals surface area (Å²) < 4.78 is 21.6. The van der Waals surface area contributed by atoms with Crippen LogP contribution in [0.4, 0.5) is 4.79 Å². The normalized spacial score (nSPS) is 12.6. The molecule has 0 fully saturated rings. The second-order valence-electron chi connectivity index (χ2n) is 8.05. The van der Waals surface area contributed by atoms with Gasteiger partial charge in [-0.15, -0.1) is 0 Å². The van der Waals surface area contributed by atoms with Crippen LogP contribution in [0.25, 0.3) is 0 Å². The maximum Gasteiger partial charge on any atom is 0.312 e. The molecule has 0 aromatic rings. The van der Waals surface area contributed by atoms with Gasteiger partial charge in [0.1, 0.15) is 6.04 Å². The summed E-state index contributed by atoms with van der Waals surface area (Å²) in [4.78, 5) is 35.7. The first-order valence-corrected chi connectivity index (χ1v) is 13.9. The molecule has 0 saturated heterocycles. The molecular weight excluding hydrogens is 490 g/mol. The Hall–Kier alpha value is -1.64. The molecule has 0 aromatic heterocycles. The molecule has 2 atom stereocenters. The zero-order valence-corrected chi connectivity index (χ0v) is 22.9. The Balaban J connectivity index is 3.92. The maximum atomic E-state index is 12.6. The van der Waals surface area contributed by atoms with E-state index in [-0.39, 0.29) is 30.9 Å². The largest absolute Gasteiger partial charge is 0.379 e. The van der Waals surface area contributed by atoms with Gasteiger partial charge in [0.2, 0.25) is 11.8 Å². The number of nitrogens with one attached hydrogen (secondary N) is 4. The lowest BCUT2D eigenvalue weighted by Gasteiger charge is -2.21. The van der Waals surface area contributed by atoms with Crippen LogP contribution in [-0.4, -0.2) is 115 Å². The third-order valence-electron chi connectivity index (χ3n) is 4.85. The summed E-state index contributed by atoms with van der Waals surface area (Å²) in [5.74, 6) is 0.297. The zero-order chi connectivity index (χ0) is 26.9. The average Bonchev–Trinajstić information content (AvgIpc) is 2.84. The summed E-state index contributed by atoms with van der Waals surface area (Å²) >= 11 is 1.61. The van der Waals surface area contributed by atoms with Gasteiger partial charge in [0.25, 0.3) is 0 Å². The topological polar surface area (TPSA) is 162 Å². The number of hydrogen-bond donors (Lipinski definition) is 5. The number of hydrogen-bond acceptors (Lipinski definition) is 9. The Morgan fingerprint density at radius 3 is 1.97 bits per heavy atom. The lowest BCUT2D eigenvalue weighted by Crippen LogP contribution is -2.49. The molecule has 0 rings (SSSR count). The van der Waals surface area contributed by atoms with Crippen LogP contribution in [-0.2, 0) is 28.5 Å². The molecule has 0 radical (unpaired) electrons. The third kappa shape index (κ3) is 22.8. The van der Waals surface area contributed by atoms with Gasteiger partial charge in [0.15, 0.2) is 0 Å². The van der Waals surface area contributed by atoms with Crippen LogP contribution in [0.5, 0.6) is 0 Å². The molecule has 212 valence electrons. The van der Waals surface area contributed by atoms with E-state index in [1.54, 1.807) is 11.8 Å². The molecule has 0 aromatic carbocycles. The fraction of sp³-hybridized carbons (Fsp3) is 0.870. The molecule has 13 heteroatoms. The fourth-order valence-electron chi connectivity index (χ4n) is 2.91. The van der Waals surface area contributed by atoms with Gasteiger partial charge in [-0.3, -0.25) is 9.59 Å². The van der Waals surface area contributed by atoms with Crippen molar-refractivity contribution in [3.63, 3.8) is 0 Å². The Morgan fingerprint density at radius 2 is 1.42 bits per heavy atom. The molecular formula is C23H47N5O7S. The van der Waals surface area contributed by atoms with Gasteiger partial charge >= 0.3 is 6.03 Å². The minimum absolute atomic E-state index is 0.0914. The van der Waals surface area contributed by atoms with Crippen molar-refractivity contribution in [1.29, 1.82) is 0 Å². The van der Waals surface area contributed by atoms with Crippen LogP contribution in [0.15, 0.2) is 0 Å². The molecule has 0 bridgehead atoms. The molecule has 0 saturated carbocycles. The Labute approximate surface area is 219 Å². The quantitative estimate of drug-likeness (QED) is 0.0997. The minimum atomic E-state index is -0.604. The van der Waals surface area contributed by atoms with Crippen LogP contribution in [0.2, 0.25) is 0 Å². The van der Waals surface area contributed by atoms with E-state index < -0.39 is 12.1 Å². The van der Waals surface area contributed by atoms with Crippen LogP contribution in [0.1, 0.15) is 32.6 Å². The number of likely N-dealkylation sites (N-methyl/N-ethyl adjacent to an activating group) is 1. The molecule has 4 amide bonds. The van der Waals surface area contributed by atoms with E-state index in [0.29, 0.717) is 72.1 Å². The summed E-state index contributed by atoms with van der Waals surface area (Å²) in [6, 6.07) is -1.26. The maximum absolute atomic E-state index is 12.6. The van der Waals surface area contributed by atoms with Gasteiger partial charge in [-0.1, -0.05) is 0 Å². The first-order chi connectivity index (χ1) is 17.4. The van der Waals surface area contributed by atoms with Crippen LogP contribution in [0, 0.1) is 0 Å². The van der Waals surface area contributed by atoms with Crippen molar-refractivity contribution >= 4 is 29.6 Å². The zero-order valence-electron chi connectivity index (χ0n) is 22.1. The van der Waals surface area contributed by atoms with E-state index >= 15 is 0 Å². The van der Waals surface area contributed by atoms with Crippen LogP contribution < -0.4 is 27.0 Å². The summed E-state index contributed by atoms with van der Waals surface area (Å²) in [7, 11) is 1.88. The number of thioether (sulfide) groups is 1. The number of nitrogens with two attached hydrogens (primary N) is 1. The van der Waals surface area contributed by atoms with Crippen LogP contribution in [0.3, 0.4) is 0 Å². The predicted octanol–water partition coefficient (Wildman–Crippen LogP) is -0.147. The second kappa shape index (κ2) is 25.0. The molecule has 0 aliphatic carbocycles. The van der Waals surface area contributed by atoms with Crippen molar-refractivity contribution in [2.45, 2.75) is 44.7 Å². The standard InChI is InChI=1S/C23H47N5O7S/c1-19(5-4-8-26-23(24)31)27-22(30)20(7-18-36-3)28-21(29)6-10-32-12-14-34-16-17-35-15-13-33-11-9-25-2/h19-20,25H,4-18H2,1-3H3,(H,27,30)(H,28,29)(H3,24,26,31). The number of primary amides is 1. The summed E-state index contributed by atoms with van der Waals surface area (Å²) in [6.45, 7) is 6.89. The van der Waals surface area contributed by atoms with Gasteiger partial charge in [-0.2, -0.15) is 11.8 Å². The molecule has 2 unspecified atom stereocenters. The fourth-order valence-corrected chi connectivity index (χ4v) is 3.38. The summed E-state index contributed by atoms with van der Waals surface area (Å²) in [5, 5.41) is 11.3. The van der Waals surface area contributed by atoms with E-state index in [0.717, 1.165) is 12.3 Å². The van der Waals surface area contributed by atoms with E-state index in [9.17, 15) is 14.4 Å². The van der Waals surface area contributed by atoms with Crippen LogP contribution >= 0.6 is 11.8 Å². The van der Waals surface area contributed by atoms with Gasteiger partial charge in [-0.05, 0) is 45.2 Å². The van der Waals surface area contributed by atoms with Crippen molar-refractivity contribution in [3.05, 3.63) is 0 Å². The van der Waals surface area contributed by atoms with Crippen molar-refractivity contribution < 1.29 is 33.3 Å². The van der Waals surface area contributed by atoms with Gasteiger partial charge in [0, 0.05) is 25.6 Å². The lowest BCUT2D eigenvalue weighted by atomic mass is 10.1. The Morgan fingerprint density at radius 1 is 0.833 bits per heavy atom. The predicted molar refractivity (Wildman–Crippen MR) is 141 cm³/mol. The minimum Gasteiger partial charge on any atom is -0.379 e. The smallest absolute Gasteiger partial charge is 0.312 e. The van der Waals surface area contributed by atoms with Gasteiger partial charge in [0.05, 0.1) is 52.9 Å². The summed E-state index contributed by atoms with van der Waals surface area (Å²) in [5.41, 5.74) is 5.04. The highest BCUT2D eigenvalue weighted by atomic mass is 32.2. The van der Waals surface area contributed by atoms with E-state index in [1.165, 1.54) is 0 Å². The first kappa shape index (κ1) is 34.4. The molecule has 36 heavy (non-hydrogen) atoms. The van der Waals surface area contributed by atoms with Gasteiger partial charge in [-0.25, -0.2) is 4.79 Å². The second-order valence-corrected chi connectivity index (χ2v) is 9.03. The number of amides is 4. The van der Waals surface area contributed by atoms with E-state index in [1.807, 2.05) is 20.2 Å². The van der Waals surface area contributed by atoms with Gasteiger partial charge < -0.3 is 45.9 Å².